The van der Waals surface area contributed by atoms with Crippen molar-refractivity contribution in [1.82, 2.24) is 20.2 Å². The van der Waals surface area contributed by atoms with Crippen molar-refractivity contribution >= 4 is 33.6 Å². The molecule has 8 nitrogen and oxygen atoms in total. The molecule has 3 amide bonds. The van der Waals surface area contributed by atoms with Crippen LogP contribution in [0.5, 0.6) is 11.6 Å². The van der Waals surface area contributed by atoms with E-state index in [4.69, 9.17) is 4.74 Å². The first-order valence-corrected chi connectivity index (χ1v) is 9.57. The van der Waals surface area contributed by atoms with Gasteiger partial charge in [-0.05, 0) is 42.5 Å². The molecule has 1 atom stereocenters. The summed E-state index contributed by atoms with van der Waals surface area (Å²) in [7, 11) is 1.54. The number of urea groups is 1. The molecule has 31 heavy (non-hydrogen) atoms. The molecule has 154 valence electrons. The molecule has 4 aromatic rings. The van der Waals surface area contributed by atoms with Crippen LogP contribution in [0.4, 0.5) is 4.79 Å². The summed E-state index contributed by atoms with van der Waals surface area (Å²) < 4.78 is 6.72. The van der Waals surface area contributed by atoms with E-state index in [0.29, 0.717) is 16.7 Å². The molecular weight excluding hydrogens is 396 g/mol. The number of H-pyrrole nitrogens is 1. The molecule has 0 saturated carbocycles. The second-order valence-corrected chi connectivity index (χ2v) is 7.38. The molecule has 2 aromatic carbocycles. The summed E-state index contributed by atoms with van der Waals surface area (Å²) in [5.41, 5.74) is 0.152. The number of aromatic amines is 1. The van der Waals surface area contributed by atoms with E-state index >= 15 is 0 Å². The number of carbonyl (C=O) groups is 2. The van der Waals surface area contributed by atoms with Crippen molar-refractivity contribution in [3.05, 3.63) is 60.4 Å². The fourth-order valence-corrected chi connectivity index (χ4v) is 3.77. The highest BCUT2D eigenvalue weighted by molar-refractivity contribution is 6.09. The largest absolute Gasteiger partial charge is 0.497 e. The average molecular weight is 414 g/mol. The number of aromatic hydroxyl groups is 1. The number of nitrogens with zero attached hydrogens (tertiary/aromatic N) is 1. The van der Waals surface area contributed by atoms with Gasteiger partial charge in [-0.3, -0.25) is 10.1 Å². The first-order valence-electron chi connectivity index (χ1n) is 9.57. The van der Waals surface area contributed by atoms with Crippen molar-refractivity contribution in [2.24, 2.45) is 0 Å². The van der Waals surface area contributed by atoms with Gasteiger partial charge >= 0.3 is 6.03 Å². The number of nitrogens with one attached hydrogen (secondary N) is 3. The van der Waals surface area contributed by atoms with Crippen LogP contribution < -0.4 is 15.4 Å². The Morgan fingerprint density at radius 2 is 2.00 bits per heavy atom. The average Bonchev–Trinajstić information content (AvgIpc) is 3.43. The Bertz CT molecular complexity index is 1420. The van der Waals surface area contributed by atoms with E-state index in [1.54, 1.807) is 25.4 Å². The lowest BCUT2D eigenvalue weighted by molar-refractivity contribution is -0.122. The van der Waals surface area contributed by atoms with Gasteiger partial charge in [0.2, 0.25) is 5.54 Å². The Balaban J connectivity index is 1.56. The number of amides is 3. The van der Waals surface area contributed by atoms with E-state index in [1.165, 1.54) is 4.57 Å². The minimum Gasteiger partial charge on any atom is -0.497 e. The van der Waals surface area contributed by atoms with Gasteiger partial charge in [-0.1, -0.05) is 11.8 Å². The quantitative estimate of drug-likeness (QED) is 0.305. The van der Waals surface area contributed by atoms with Crippen LogP contribution in [0.2, 0.25) is 0 Å². The van der Waals surface area contributed by atoms with Crippen molar-refractivity contribution in [3.63, 3.8) is 0 Å². The second kappa shape index (κ2) is 6.85. The van der Waals surface area contributed by atoms with Gasteiger partial charge in [0.1, 0.15) is 5.75 Å². The van der Waals surface area contributed by atoms with E-state index in [1.807, 2.05) is 36.5 Å². The van der Waals surface area contributed by atoms with Gasteiger partial charge in [0, 0.05) is 39.6 Å². The number of fused-ring (bicyclic) bond motifs is 2. The van der Waals surface area contributed by atoms with Crippen molar-refractivity contribution in [1.29, 1.82) is 0 Å². The van der Waals surface area contributed by atoms with Gasteiger partial charge in [-0.2, -0.15) is 0 Å². The number of hydrogen-bond acceptors (Lipinski definition) is 4. The van der Waals surface area contributed by atoms with Crippen molar-refractivity contribution in [2.75, 3.05) is 7.11 Å². The second-order valence-electron chi connectivity index (χ2n) is 7.38. The van der Waals surface area contributed by atoms with Gasteiger partial charge in [0.15, 0.2) is 5.88 Å². The van der Waals surface area contributed by atoms with Crippen LogP contribution in [0.3, 0.4) is 0 Å². The van der Waals surface area contributed by atoms with Gasteiger partial charge in [-0.15, -0.1) is 0 Å². The molecule has 3 heterocycles. The molecule has 1 saturated heterocycles. The first kappa shape index (κ1) is 18.6. The SMILES string of the molecule is COc1ccc2cn(C[C@]3(C#Cc4ccc5[nH]ccc5c4)NC(=O)NC3=O)c(O)c2c1. The van der Waals surface area contributed by atoms with Crippen LogP contribution in [0.1, 0.15) is 5.56 Å². The first-order chi connectivity index (χ1) is 15.0. The molecule has 0 aliphatic carbocycles. The molecule has 0 spiro atoms. The number of aromatic nitrogens is 2. The summed E-state index contributed by atoms with van der Waals surface area (Å²) in [6.45, 7) is -0.0627. The molecule has 1 fully saturated rings. The standard InChI is InChI=1S/C23H18N4O4/c1-31-17-4-3-16-12-27(20(28)18(16)11-17)13-23(21(29)25-22(30)26-23)8-6-14-2-5-19-15(10-14)7-9-24-19/h2-5,7,9-12,24,28H,13H2,1H3,(H2,25,26,29,30)/t23-/m0/s1. The normalized spacial score (nSPS) is 18.0. The Morgan fingerprint density at radius 1 is 1.13 bits per heavy atom. The Labute approximate surface area is 176 Å². The van der Waals surface area contributed by atoms with Gasteiger partial charge in [0.25, 0.3) is 5.91 Å². The third-order valence-electron chi connectivity index (χ3n) is 5.39. The van der Waals surface area contributed by atoms with Gasteiger partial charge in [-0.25, -0.2) is 4.79 Å². The third kappa shape index (κ3) is 3.13. The van der Waals surface area contributed by atoms with E-state index in [2.05, 4.69) is 27.5 Å². The van der Waals surface area contributed by atoms with Gasteiger partial charge < -0.3 is 24.7 Å². The highest BCUT2D eigenvalue weighted by atomic mass is 16.5. The van der Waals surface area contributed by atoms with E-state index in [-0.39, 0.29) is 12.4 Å². The minimum atomic E-state index is -1.53. The van der Waals surface area contributed by atoms with E-state index in [0.717, 1.165) is 16.3 Å². The zero-order valence-electron chi connectivity index (χ0n) is 16.5. The molecule has 0 unspecified atom stereocenters. The number of benzene rings is 2. The maximum atomic E-state index is 12.7. The maximum absolute atomic E-state index is 12.7. The van der Waals surface area contributed by atoms with E-state index < -0.39 is 17.5 Å². The topological polar surface area (TPSA) is 108 Å². The smallest absolute Gasteiger partial charge is 0.323 e. The summed E-state index contributed by atoms with van der Waals surface area (Å²) in [5.74, 6) is 5.92. The number of hydrogen-bond donors (Lipinski definition) is 4. The molecule has 8 heteroatoms. The highest BCUT2D eigenvalue weighted by Crippen LogP contribution is 2.32. The zero-order chi connectivity index (χ0) is 21.6. The maximum Gasteiger partial charge on any atom is 0.323 e. The van der Waals surface area contributed by atoms with Crippen molar-refractivity contribution in [3.8, 4) is 23.5 Å². The van der Waals surface area contributed by atoms with Crippen LogP contribution in [-0.2, 0) is 11.3 Å². The minimum absolute atomic E-state index is 0.0437. The lowest BCUT2D eigenvalue weighted by Crippen LogP contribution is -2.49. The Hall–Kier alpha value is -4.38. The monoisotopic (exact) mass is 414 g/mol. The molecule has 4 N–H and O–H groups in total. The van der Waals surface area contributed by atoms with E-state index in [9.17, 15) is 14.7 Å². The Kier molecular flexibility index (Phi) is 4.12. The summed E-state index contributed by atoms with van der Waals surface area (Å²) >= 11 is 0. The van der Waals surface area contributed by atoms with Crippen molar-refractivity contribution in [2.45, 2.75) is 12.1 Å². The highest BCUT2D eigenvalue weighted by Gasteiger charge is 2.46. The van der Waals surface area contributed by atoms with Crippen LogP contribution in [0.15, 0.2) is 54.9 Å². The number of imide groups is 1. The van der Waals surface area contributed by atoms with Crippen molar-refractivity contribution < 1.29 is 19.4 Å². The third-order valence-corrected chi connectivity index (χ3v) is 5.39. The van der Waals surface area contributed by atoms with Crippen LogP contribution >= 0.6 is 0 Å². The fraction of sp³-hybridized carbons (Fsp3) is 0.130. The summed E-state index contributed by atoms with van der Waals surface area (Å²) in [6, 6.07) is 12.2. The van der Waals surface area contributed by atoms with Gasteiger partial charge in [0.05, 0.1) is 13.7 Å². The number of carbonyl (C=O) groups excluding carboxylic acids is 2. The molecule has 5 rings (SSSR count). The summed E-state index contributed by atoms with van der Waals surface area (Å²) in [4.78, 5) is 27.8. The predicted octanol–water partition coefficient (Wildman–Crippen LogP) is 2.47. The zero-order valence-corrected chi connectivity index (χ0v) is 16.5. The van der Waals surface area contributed by atoms with Crippen LogP contribution in [-0.4, -0.2) is 39.2 Å². The summed E-state index contributed by atoms with van der Waals surface area (Å²) in [6.07, 6.45) is 3.54. The molecule has 0 bridgehead atoms. The number of ether oxygens (including phenoxy) is 1. The predicted molar refractivity (Wildman–Crippen MR) is 115 cm³/mol. The van der Waals surface area contributed by atoms with Crippen LogP contribution in [0.25, 0.3) is 21.7 Å². The molecule has 1 aliphatic rings. The lowest BCUT2D eigenvalue weighted by Gasteiger charge is -2.20. The molecule has 1 aliphatic heterocycles. The number of methoxy groups -OCH3 is 1. The summed E-state index contributed by atoms with van der Waals surface area (Å²) in [5, 5.41) is 17.9. The number of rotatable bonds is 3. The fourth-order valence-electron chi connectivity index (χ4n) is 3.77. The molecule has 2 aromatic heterocycles. The Morgan fingerprint density at radius 3 is 2.77 bits per heavy atom. The lowest BCUT2D eigenvalue weighted by atomic mass is 9.99. The van der Waals surface area contributed by atoms with Crippen LogP contribution in [0, 0.1) is 11.8 Å². The molecular formula is C23H18N4O4. The molecule has 0 radical (unpaired) electrons.